The fourth-order valence-corrected chi connectivity index (χ4v) is 3.25. The van der Waals surface area contributed by atoms with Crippen LogP contribution in [-0.2, 0) is 0 Å². The second-order valence-electron chi connectivity index (χ2n) is 4.47. The second-order valence-corrected chi connectivity index (χ2v) is 5.54. The largest absolute Gasteiger partial charge is 0.489 e. The van der Waals surface area contributed by atoms with Crippen molar-refractivity contribution in [3.63, 3.8) is 0 Å². The minimum Gasteiger partial charge on any atom is -0.423 e. The quantitative estimate of drug-likeness (QED) is 0.523. The number of carbonyl (C=O) groups is 1. The van der Waals surface area contributed by atoms with Crippen LogP contribution in [0.25, 0.3) is 11.1 Å². The number of benzene rings is 2. The highest BCUT2D eigenvalue weighted by molar-refractivity contribution is 6.67. The van der Waals surface area contributed by atoms with Crippen molar-refractivity contribution >= 4 is 33.8 Å². The van der Waals surface area contributed by atoms with E-state index in [1.807, 2.05) is 30.3 Å². The van der Waals surface area contributed by atoms with Crippen LogP contribution in [-0.4, -0.2) is 33.2 Å². The first-order valence-corrected chi connectivity index (χ1v) is 6.75. The average Bonchev–Trinajstić information content (AvgIpc) is 2.63. The van der Waals surface area contributed by atoms with Crippen LogP contribution in [0, 0.1) is 0 Å². The molecule has 0 atom stereocenters. The van der Waals surface area contributed by atoms with Gasteiger partial charge in [-0.05, 0) is 16.6 Å². The lowest BCUT2D eigenvalue weighted by Gasteiger charge is -2.10. The van der Waals surface area contributed by atoms with Crippen LogP contribution in [0.5, 0.6) is 0 Å². The Bertz CT molecular complexity index is 667. The smallest absolute Gasteiger partial charge is 0.423 e. The van der Waals surface area contributed by atoms with Crippen molar-refractivity contribution in [1.82, 2.24) is 0 Å². The topological polar surface area (TPSA) is 57.5 Å². The minimum absolute atomic E-state index is 0.110. The lowest BCUT2D eigenvalue weighted by atomic mass is 9.75. The summed E-state index contributed by atoms with van der Waals surface area (Å²) in [5.74, 6) is -0.110. The molecule has 0 heterocycles. The highest BCUT2D eigenvalue weighted by Crippen LogP contribution is 2.34. The highest BCUT2D eigenvalue weighted by atomic mass is 28.1. The molecular formula is C13H11BO3Si. The molecule has 0 unspecified atom stereocenters. The zero-order valence-electron chi connectivity index (χ0n) is 9.84. The van der Waals surface area contributed by atoms with E-state index in [4.69, 9.17) is 0 Å². The molecule has 0 aliphatic heterocycles. The van der Waals surface area contributed by atoms with Crippen molar-refractivity contribution in [1.29, 1.82) is 0 Å². The number of ketones is 1. The highest BCUT2D eigenvalue weighted by Gasteiger charge is 2.32. The van der Waals surface area contributed by atoms with Crippen LogP contribution in [0.3, 0.4) is 0 Å². The molecule has 2 N–H and O–H groups in total. The van der Waals surface area contributed by atoms with Crippen LogP contribution < -0.4 is 10.6 Å². The molecular weight excluding hydrogens is 243 g/mol. The summed E-state index contributed by atoms with van der Waals surface area (Å²) in [7, 11) is -0.920. The molecule has 0 bridgehead atoms. The molecule has 3 rings (SSSR count). The van der Waals surface area contributed by atoms with E-state index in [0.717, 1.165) is 16.3 Å². The van der Waals surface area contributed by atoms with Gasteiger partial charge in [-0.1, -0.05) is 41.6 Å². The standard InChI is InChI=1S/C13H11BO3Si/c15-13-9-4-2-1-3-7(9)8-5-6-10(18)12(11(8)13)14(16)17/h1-6,16-17H,18H3. The Labute approximate surface area is 108 Å². The third kappa shape index (κ3) is 1.42. The Hall–Kier alpha value is -1.69. The van der Waals surface area contributed by atoms with Gasteiger partial charge in [-0.3, -0.25) is 4.79 Å². The van der Waals surface area contributed by atoms with Gasteiger partial charge in [-0.25, -0.2) is 0 Å². The number of hydrogen-bond donors (Lipinski definition) is 2. The van der Waals surface area contributed by atoms with Gasteiger partial charge in [-0.15, -0.1) is 0 Å². The predicted molar refractivity (Wildman–Crippen MR) is 74.7 cm³/mol. The fourth-order valence-electron chi connectivity index (χ4n) is 2.58. The van der Waals surface area contributed by atoms with Crippen molar-refractivity contribution in [3.05, 3.63) is 47.5 Å². The molecule has 0 radical (unpaired) electrons. The molecule has 1 aliphatic rings. The summed E-state index contributed by atoms with van der Waals surface area (Å²) in [5.41, 5.74) is 3.15. The molecule has 0 saturated heterocycles. The first-order chi connectivity index (χ1) is 8.61. The summed E-state index contributed by atoms with van der Waals surface area (Å²) in [4.78, 5) is 12.4. The Kier molecular flexibility index (Phi) is 2.48. The number of fused-ring (bicyclic) bond motifs is 3. The number of carbonyl (C=O) groups excluding carboxylic acids is 1. The first kappa shape index (κ1) is 11.4. The van der Waals surface area contributed by atoms with Crippen molar-refractivity contribution < 1.29 is 14.8 Å². The molecule has 0 fully saturated rings. The van der Waals surface area contributed by atoms with E-state index in [-0.39, 0.29) is 5.78 Å². The Balaban J connectivity index is 2.38. The normalized spacial score (nSPS) is 12.4. The molecule has 1 aliphatic carbocycles. The fraction of sp³-hybridized carbons (Fsp3) is 0. The van der Waals surface area contributed by atoms with E-state index >= 15 is 0 Å². The minimum atomic E-state index is -1.59. The lowest BCUT2D eigenvalue weighted by Crippen LogP contribution is -2.44. The van der Waals surface area contributed by atoms with Gasteiger partial charge in [0.1, 0.15) is 0 Å². The number of rotatable bonds is 1. The van der Waals surface area contributed by atoms with E-state index < -0.39 is 7.12 Å². The van der Waals surface area contributed by atoms with Gasteiger partial charge in [0.25, 0.3) is 0 Å². The van der Waals surface area contributed by atoms with Crippen LogP contribution in [0.15, 0.2) is 36.4 Å². The van der Waals surface area contributed by atoms with Crippen LogP contribution in [0.1, 0.15) is 15.9 Å². The average molecular weight is 254 g/mol. The van der Waals surface area contributed by atoms with Crippen LogP contribution >= 0.6 is 0 Å². The third-order valence-corrected chi connectivity index (χ3v) is 4.28. The third-order valence-electron chi connectivity index (χ3n) is 3.41. The summed E-state index contributed by atoms with van der Waals surface area (Å²) in [6.45, 7) is 0. The molecule has 5 heteroatoms. The summed E-state index contributed by atoms with van der Waals surface area (Å²) in [6.07, 6.45) is 0. The molecule has 0 saturated carbocycles. The Morgan fingerprint density at radius 3 is 2.28 bits per heavy atom. The van der Waals surface area contributed by atoms with Gasteiger partial charge >= 0.3 is 7.12 Å². The molecule has 18 heavy (non-hydrogen) atoms. The maximum Gasteiger partial charge on any atom is 0.489 e. The molecule has 0 aromatic heterocycles. The Morgan fingerprint density at radius 1 is 0.944 bits per heavy atom. The summed E-state index contributed by atoms with van der Waals surface area (Å²) >= 11 is 0. The van der Waals surface area contributed by atoms with Gasteiger partial charge in [0.2, 0.25) is 0 Å². The van der Waals surface area contributed by atoms with Crippen molar-refractivity contribution in [2.24, 2.45) is 0 Å². The van der Waals surface area contributed by atoms with Crippen molar-refractivity contribution in [2.75, 3.05) is 0 Å². The molecule has 0 amide bonds. The van der Waals surface area contributed by atoms with Crippen molar-refractivity contribution in [2.45, 2.75) is 0 Å². The van der Waals surface area contributed by atoms with E-state index in [2.05, 4.69) is 0 Å². The molecule has 88 valence electrons. The van der Waals surface area contributed by atoms with Gasteiger partial charge in [0.05, 0.1) is 0 Å². The van der Waals surface area contributed by atoms with Crippen LogP contribution in [0.2, 0.25) is 0 Å². The number of hydrogen-bond acceptors (Lipinski definition) is 3. The van der Waals surface area contributed by atoms with E-state index in [0.29, 0.717) is 26.8 Å². The second kappa shape index (κ2) is 3.91. The molecule has 2 aromatic rings. The molecule has 2 aromatic carbocycles. The predicted octanol–water partition coefficient (Wildman–Crippen LogP) is -1.43. The van der Waals surface area contributed by atoms with E-state index in [1.54, 1.807) is 6.07 Å². The van der Waals surface area contributed by atoms with Crippen LogP contribution in [0.4, 0.5) is 0 Å². The van der Waals surface area contributed by atoms with Gasteiger partial charge in [-0.2, -0.15) is 0 Å². The molecule has 0 spiro atoms. The summed E-state index contributed by atoms with van der Waals surface area (Å²) < 4.78 is 0. The zero-order chi connectivity index (χ0) is 12.9. The van der Waals surface area contributed by atoms with Gasteiger partial charge in [0, 0.05) is 21.4 Å². The monoisotopic (exact) mass is 254 g/mol. The summed E-state index contributed by atoms with van der Waals surface area (Å²) in [5, 5.41) is 19.8. The van der Waals surface area contributed by atoms with Crippen molar-refractivity contribution in [3.8, 4) is 11.1 Å². The SMILES string of the molecule is O=C1c2ccccc2-c2ccc([SiH3])c(B(O)O)c21. The van der Waals surface area contributed by atoms with Gasteiger partial charge < -0.3 is 10.0 Å². The molecule has 3 nitrogen and oxygen atoms in total. The zero-order valence-corrected chi connectivity index (χ0v) is 11.8. The van der Waals surface area contributed by atoms with E-state index in [1.165, 1.54) is 0 Å². The maximum absolute atomic E-state index is 12.4. The maximum atomic E-state index is 12.4. The Morgan fingerprint density at radius 2 is 1.61 bits per heavy atom. The lowest BCUT2D eigenvalue weighted by molar-refractivity contribution is 0.104. The van der Waals surface area contributed by atoms with Gasteiger partial charge in [0.15, 0.2) is 5.78 Å². The summed E-state index contributed by atoms with van der Waals surface area (Å²) in [6, 6.07) is 11.1. The first-order valence-electron chi connectivity index (χ1n) is 5.75. The van der Waals surface area contributed by atoms with E-state index in [9.17, 15) is 14.8 Å².